The van der Waals surface area contributed by atoms with Crippen LogP contribution in [0.15, 0.2) is 182 Å². The van der Waals surface area contributed by atoms with Crippen molar-refractivity contribution >= 4 is 260 Å². The van der Waals surface area contributed by atoms with Crippen LogP contribution in [0.3, 0.4) is 0 Å². The first kappa shape index (κ1) is 190. The Labute approximate surface area is 947 Å². The zero-order chi connectivity index (χ0) is 120. The molecule has 6 aromatic carbocycles. The summed E-state index contributed by atoms with van der Waals surface area (Å²) in [5, 5.41) is 3.42. The molecular formula is C89H170F12IN3O14P6S20. The number of sulfonamides is 2. The molecule has 0 atom stereocenters. The minimum Gasteiger partial charge on any atom is -0.320 e. The van der Waals surface area contributed by atoms with E-state index in [1.807, 2.05) is 305 Å². The normalized spacial score (nSPS) is 10.1. The van der Waals surface area contributed by atoms with Crippen molar-refractivity contribution in [1.29, 1.82) is 0 Å². The van der Waals surface area contributed by atoms with Gasteiger partial charge >= 0.3 is 26.5 Å². The molecule has 0 radical (unpaired) electrons. The first-order chi connectivity index (χ1) is 66.8. The zero-order valence-electron chi connectivity index (χ0n) is 91.6. The van der Waals surface area contributed by atoms with Gasteiger partial charge in [-0.3, -0.25) is 9.13 Å². The maximum atomic E-state index is 12.0. The van der Waals surface area contributed by atoms with Crippen LogP contribution in [-0.4, -0.2) is 150 Å². The number of alkyl halides is 13. The van der Waals surface area contributed by atoms with E-state index in [2.05, 4.69) is 144 Å². The molecule has 145 heavy (non-hydrogen) atoms. The Balaban J connectivity index is -0.0000000701. The van der Waals surface area contributed by atoms with E-state index in [0.29, 0.717) is 53.9 Å². The summed E-state index contributed by atoms with van der Waals surface area (Å²) in [6, 6.07) is 59.4. The lowest BCUT2D eigenvalue weighted by atomic mass is 10.2. The molecule has 866 valence electrons. The second-order valence-electron chi connectivity index (χ2n) is 24.9. The van der Waals surface area contributed by atoms with E-state index in [1.54, 1.807) is 26.6 Å². The maximum Gasteiger partial charge on any atom is 0.394 e. The molecule has 0 unspecified atom stereocenters. The number of rotatable bonds is 20. The predicted molar refractivity (Wildman–Crippen MR) is 672 cm³/mol. The molecule has 0 aliphatic heterocycles. The smallest absolute Gasteiger partial charge is 0.320 e. The lowest BCUT2D eigenvalue weighted by molar-refractivity contribution is 0.0785. The summed E-state index contributed by atoms with van der Waals surface area (Å²) in [5.41, 5.74) is -13.2. The number of nitrogens with zero attached hydrogens (tertiary/aromatic N) is 2. The Morgan fingerprint density at radius 3 is 0.462 bits per heavy atom. The van der Waals surface area contributed by atoms with Gasteiger partial charge in [-0.25, -0.2) is 16.8 Å². The van der Waals surface area contributed by atoms with Gasteiger partial charge in [0, 0.05) is 255 Å². The van der Waals surface area contributed by atoms with Crippen LogP contribution in [0.25, 0.3) is 0 Å². The summed E-state index contributed by atoms with van der Waals surface area (Å²) in [5.74, 6) is 0. The molecule has 0 heterocycles. The second kappa shape index (κ2) is 120. The Hall–Kier alpha value is 0.170. The van der Waals surface area contributed by atoms with Crippen molar-refractivity contribution in [3.8, 4) is 0 Å². The van der Waals surface area contributed by atoms with Crippen molar-refractivity contribution in [2.24, 2.45) is 0 Å². The van der Waals surface area contributed by atoms with Gasteiger partial charge in [-0.2, -0.15) is 61.3 Å². The van der Waals surface area contributed by atoms with Gasteiger partial charge in [0.25, 0.3) is 22.7 Å². The summed E-state index contributed by atoms with van der Waals surface area (Å²) in [6.45, 7) is 63.1. The lowest BCUT2D eigenvalue weighted by Gasteiger charge is -2.20. The maximum absolute atomic E-state index is 12.0. The highest BCUT2D eigenvalue weighted by atomic mass is 127. The van der Waals surface area contributed by atoms with Crippen LogP contribution in [0.5, 0.6) is 0 Å². The molecule has 56 heteroatoms. The van der Waals surface area contributed by atoms with E-state index in [1.165, 1.54) is 112 Å². The van der Waals surface area contributed by atoms with Crippen LogP contribution < -0.4 is 5.32 Å². The largest absolute Gasteiger partial charge is 0.394 e. The molecule has 0 bridgehead atoms. The first-order valence-electron chi connectivity index (χ1n) is 44.4. The van der Waals surface area contributed by atoms with E-state index < -0.39 is 97.8 Å². The van der Waals surface area contributed by atoms with Gasteiger partial charge in [0.1, 0.15) is 28.6 Å². The fourth-order valence-corrected chi connectivity index (χ4v) is 23.3. The van der Waals surface area contributed by atoms with Crippen LogP contribution in [0.1, 0.15) is 241 Å². The van der Waals surface area contributed by atoms with Gasteiger partial charge in [-0.15, -0.1) is 0 Å². The Morgan fingerprint density at radius 2 is 0.372 bits per heavy atom. The summed E-state index contributed by atoms with van der Waals surface area (Å²) in [6.07, 6.45) is 2.50. The highest BCUT2D eigenvalue weighted by Crippen LogP contribution is 2.56. The number of nitrogens with one attached hydrogen (secondary N) is 1. The Morgan fingerprint density at radius 1 is 0.262 bits per heavy atom. The quantitative estimate of drug-likeness (QED) is 0.0206. The Bertz CT molecular complexity index is 4490. The monoisotopic (exact) mass is 2690 g/mol. The molecule has 6 aromatic rings. The molecule has 0 aliphatic rings. The van der Waals surface area contributed by atoms with Crippen LogP contribution in [0, 0.1) is 0 Å². The van der Waals surface area contributed by atoms with Crippen molar-refractivity contribution in [2.45, 2.75) is 281 Å². The van der Waals surface area contributed by atoms with E-state index in [0.717, 1.165) is 88.7 Å². The van der Waals surface area contributed by atoms with Gasteiger partial charge in [0.15, 0.2) is 0 Å². The SMILES string of the molecule is CC.CC.CC.CC.CC.CC.CC.CC.CC.CC.CC.CC.CC(F)(F)P(=O)(O)O.CC(F)(F)P(=O)(O)O.CC(F)(F)P(C)(C)=O.CC(F)(F)P(C)(C)=O.CC(F)(F)P(C)(C)=O.CC(F)(F)P(C)(C)=O.CI.CS(=O)(=O)N(Cc1ccccc1)Cc1ccccc1.CS(=O)(=O)N(Cc1ccccc1)Cc1ccccc1.S=S=S=S=S.S=S=S=S=S=S.S=S=S=S=S=S=S.c1ccc(CNCc2ccccc2)cc1. The van der Waals surface area contributed by atoms with Crippen LogP contribution in [-0.2, 0) is 260 Å². The van der Waals surface area contributed by atoms with E-state index in [9.17, 15) is 96.9 Å². The number of hydrogen-bond acceptors (Lipinski definition) is 17. The fourth-order valence-electron chi connectivity index (χ4n) is 5.34. The molecule has 0 fully saturated rings. The van der Waals surface area contributed by atoms with Crippen LogP contribution >= 0.6 is 66.3 Å². The predicted octanol–water partition coefficient (Wildman–Crippen LogP) is 32.0. The van der Waals surface area contributed by atoms with Crippen molar-refractivity contribution < 1.29 is 116 Å². The van der Waals surface area contributed by atoms with Gasteiger partial charge in [0.2, 0.25) is 20.0 Å². The van der Waals surface area contributed by atoms with Crippen molar-refractivity contribution in [3.63, 3.8) is 0 Å². The van der Waals surface area contributed by atoms with Gasteiger partial charge in [-0.1, -0.05) is 371 Å². The third kappa shape index (κ3) is 138. The van der Waals surface area contributed by atoms with Crippen LogP contribution in [0.4, 0.5) is 52.7 Å². The lowest BCUT2D eigenvalue weighted by Crippen LogP contribution is -2.29. The molecule has 0 spiro atoms. The van der Waals surface area contributed by atoms with Gasteiger partial charge in [0.05, 0.1) is 12.5 Å². The minimum atomic E-state index is -5.18. The second-order valence-corrected chi connectivity index (χ2v) is 67.8. The molecule has 0 saturated carbocycles. The summed E-state index contributed by atoms with van der Waals surface area (Å²) >= 11 is 29.2. The topological polar surface area (TPSA) is 270 Å². The van der Waals surface area contributed by atoms with Crippen LogP contribution in [0.2, 0.25) is 0 Å². The highest BCUT2D eigenvalue weighted by molar-refractivity contribution is 14.1. The summed E-state index contributed by atoms with van der Waals surface area (Å²) in [7, 11) is -12.6. The average molecular weight is 2690 g/mol. The fraction of sp³-hybridized carbons (Fsp3) is 0.596. The van der Waals surface area contributed by atoms with Crippen molar-refractivity contribution in [2.75, 3.05) is 70.8 Å². The molecule has 0 aromatic heterocycles. The molecule has 17 nitrogen and oxygen atoms in total. The molecule has 0 amide bonds. The van der Waals surface area contributed by atoms with Crippen molar-refractivity contribution in [1.82, 2.24) is 13.9 Å². The molecular weight excluding hydrogens is 2520 g/mol. The molecule has 0 saturated heterocycles. The summed E-state index contributed by atoms with van der Waals surface area (Å²) < 4.78 is 253. The highest BCUT2D eigenvalue weighted by Gasteiger charge is 2.44. The molecule has 0 aliphatic carbocycles. The van der Waals surface area contributed by atoms with Gasteiger partial charge < -0.3 is 43.2 Å². The first-order valence-corrected chi connectivity index (χ1v) is 83.9. The average Bonchev–Trinajstić information content (AvgIpc) is 0.852. The standard InChI is InChI=1S/2C15H17NO2S.C14H15N.4C4H9F2OP.2C2H5F2O3P.12C2H6.CH3I.S7.S6.S5/c2*1-19(17,18)16(12-14-8-4-2-5-9-14)13-15-10-6-3-7-11-15;1-3-7-13(8-4-1)11-15-12-14-9-5-2-6-10-14;4*1-4(5,6)8(2,3)7;2*1-2(3,4)8(5,6)7;13*1-2;1-3-5-7-6-4-2;1-3-5-6-4-2;1-3-5-4-2/h2*2-11H,12-13H2,1H3;1-10,15H,11-12H2;4*1-3H3;2*1H3,(H2,5,6,7);12*1-2H3;1H3;;;. The summed E-state index contributed by atoms with van der Waals surface area (Å²) in [4.78, 5) is 32.8. The van der Waals surface area contributed by atoms with E-state index in [-0.39, 0.29) is 13.8 Å². The minimum absolute atomic E-state index is 0.174. The number of halogens is 13. The van der Waals surface area contributed by atoms with Crippen molar-refractivity contribution in [3.05, 3.63) is 215 Å². The number of benzene rings is 6. The van der Waals surface area contributed by atoms with Gasteiger partial charge in [-0.05, 0) is 91.6 Å². The van der Waals surface area contributed by atoms with E-state index in [4.69, 9.17) is 19.6 Å². The number of hydrogen-bond donors (Lipinski definition) is 5. The third-order valence-corrected chi connectivity index (χ3v) is 45.1. The molecule has 6 rings (SSSR count). The zero-order valence-corrected chi connectivity index (χ0v) is 115. The van der Waals surface area contributed by atoms with E-state index >= 15 is 0 Å². The molecule has 5 N–H and O–H groups in total. The Kier molecular flexibility index (Phi) is 156. The third-order valence-electron chi connectivity index (χ3n) is 13.1.